The Hall–Kier alpha value is -4.36. The molecule has 0 fully saturated rings. The van der Waals surface area contributed by atoms with Crippen LogP contribution in [-0.4, -0.2) is 44.1 Å². The van der Waals surface area contributed by atoms with Crippen LogP contribution in [0.15, 0.2) is 53.0 Å². The first-order valence-corrected chi connectivity index (χ1v) is 12.8. The van der Waals surface area contributed by atoms with Gasteiger partial charge in [-0.05, 0) is 58.4 Å². The maximum Gasteiger partial charge on any atom is 0.586 e. The van der Waals surface area contributed by atoms with Gasteiger partial charge in [-0.25, -0.2) is 8.78 Å². The molecule has 0 saturated carbocycles. The molecule has 0 bridgehead atoms. The van der Waals surface area contributed by atoms with Crippen molar-refractivity contribution in [2.24, 2.45) is 0 Å². The lowest BCUT2D eigenvalue weighted by molar-refractivity contribution is -0.348. The zero-order valence-corrected chi connectivity index (χ0v) is 23.7. The third-order valence-electron chi connectivity index (χ3n) is 6.22. The van der Waals surface area contributed by atoms with E-state index >= 15 is 4.39 Å². The van der Waals surface area contributed by atoms with E-state index in [0.29, 0.717) is 4.90 Å². The first-order valence-electron chi connectivity index (χ1n) is 12.0. The molecule has 0 aromatic heterocycles. The van der Waals surface area contributed by atoms with E-state index in [2.05, 4.69) is 30.1 Å². The summed E-state index contributed by atoms with van der Waals surface area (Å²) >= 11 is 2.49. The average molecular weight is 741 g/mol. The third kappa shape index (κ3) is 6.34. The number of fused-ring (bicyclic) bond motifs is 1. The molecule has 0 unspecified atom stereocenters. The summed E-state index contributed by atoms with van der Waals surface area (Å²) in [4.78, 5) is 26.6. The van der Waals surface area contributed by atoms with E-state index in [1.807, 2.05) is 0 Å². The van der Waals surface area contributed by atoms with Crippen molar-refractivity contribution in [2.75, 3.05) is 17.3 Å². The highest BCUT2D eigenvalue weighted by atomic mass is 79.9. The highest BCUT2D eigenvalue weighted by Crippen LogP contribution is 2.55. The van der Waals surface area contributed by atoms with Crippen LogP contribution in [0.3, 0.4) is 0 Å². The Morgan fingerprint density at radius 1 is 0.935 bits per heavy atom. The molecule has 3 aromatic carbocycles. The highest BCUT2D eigenvalue weighted by Gasteiger charge is 2.73. The van der Waals surface area contributed by atoms with Gasteiger partial charge in [-0.1, -0.05) is 6.07 Å². The minimum absolute atomic E-state index is 0.102. The van der Waals surface area contributed by atoms with Gasteiger partial charge in [0, 0.05) is 22.6 Å². The maximum absolute atomic E-state index is 15.5. The molecule has 1 aliphatic heterocycles. The van der Waals surface area contributed by atoms with Crippen LogP contribution in [0.25, 0.3) is 0 Å². The number of amides is 2. The lowest BCUT2D eigenvalue weighted by Gasteiger charge is -2.31. The van der Waals surface area contributed by atoms with Crippen LogP contribution < -0.4 is 24.4 Å². The summed E-state index contributed by atoms with van der Waals surface area (Å²) in [6.07, 6.45) is -17.3. The third-order valence-corrected chi connectivity index (χ3v) is 6.85. The molecule has 0 atom stereocenters. The molecule has 20 heteroatoms. The first-order chi connectivity index (χ1) is 21.1. The predicted molar refractivity (Wildman–Crippen MR) is 135 cm³/mol. The van der Waals surface area contributed by atoms with Crippen LogP contribution >= 0.6 is 15.9 Å². The number of benzene rings is 3. The van der Waals surface area contributed by atoms with E-state index in [0.717, 1.165) is 43.4 Å². The number of carbonyl (C=O) groups excluding carboxylic acids is 2. The predicted octanol–water partition coefficient (Wildman–Crippen LogP) is 8.33. The second-order valence-electron chi connectivity index (χ2n) is 9.15. The molecule has 1 aliphatic rings. The van der Waals surface area contributed by atoms with Gasteiger partial charge in [-0.15, -0.1) is 8.78 Å². The van der Waals surface area contributed by atoms with Gasteiger partial charge in [0.15, 0.2) is 23.1 Å². The number of halogens is 13. The molecule has 248 valence electrons. The Morgan fingerprint density at radius 3 is 2.13 bits per heavy atom. The van der Waals surface area contributed by atoms with Crippen LogP contribution in [0.4, 0.5) is 64.1 Å². The number of anilines is 2. The Morgan fingerprint density at radius 2 is 1.54 bits per heavy atom. The summed E-state index contributed by atoms with van der Waals surface area (Å²) in [7, 11) is 1.01. The average Bonchev–Trinajstić information content (AvgIpc) is 3.24. The molecule has 46 heavy (non-hydrogen) atoms. The molecule has 7 nitrogen and oxygen atoms in total. The summed E-state index contributed by atoms with van der Waals surface area (Å²) in [5.74, 6) is -6.52. The molecule has 0 spiro atoms. The van der Waals surface area contributed by atoms with Gasteiger partial charge in [-0.2, -0.15) is 35.1 Å². The second-order valence-corrected chi connectivity index (χ2v) is 10.0. The number of nitrogens with zero attached hydrogens (tertiary/aromatic N) is 1. The largest absolute Gasteiger partial charge is 0.586 e. The Balaban J connectivity index is 1.68. The topological polar surface area (TPSA) is 77.1 Å². The normalized spacial score (nSPS) is 14.3. The van der Waals surface area contributed by atoms with Crippen LogP contribution in [0, 0.1) is 5.82 Å². The highest BCUT2D eigenvalue weighted by molar-refractivity contribution is 9.10. The molecule has 0 aliphatic carbocycles. The quantitative estimate of drug-likeness (QED) is 0.247. The summed E-state index contributed by atoms with van der Waals surface area (Å²) in [5, 5.41) is 1.79. The minimum Gasteiger partial charge on any atom is -0.433 e. The fourth-order valence-corrected chi connectivity index (χ4v) is 4.64. The number of rotatable bonds is 7. The minimum atomic E-state index is -6.63. The Bertz CT molecular complexity index is 1680. The lowest BCUT2D eigenvalue weighted by Crippen LogP contribution is -2.50. The number of nitrogens with one attached hydrogen (secondary N) is 1. The van der Waals surface area contributed by atoms with Gasteiger partial charge in [0.2, 0.25) is 0 Å². The van der Waals surface area contributed by atoms with Gasteiger partial charge in [0.1, 0.15) is 0 Å². The molecule has 4 rings (SSSR count). The molecule has 0 saturated heterocycles. The van der Waals surface area contributed by atoms with Crippen molar-refractivity contribution in [3.05, 3.63) is 75.5 Å². The second kappa shape index (κ2) is 11.8. The first kappa shape index (κ1) is 34.5. The van der Waals surface area contributed by atoms with E-state index in [1.165, 1.54) is 0 Å². The van der Waals surface area contributed by atoms with Crippen LogP contribution in [0.1, 0.15) is 26.3 Å². The molecule has 3 aromatic rings. The van der Waals surface area contributed by atoms with Crippen LogP contribution in [-0.2, 0) is 5.67 Å². The van der Waals surface area contributed by atoms with Crippen molar-refractivity contribution in [2.45, 2.75) is 30.9 Å². The van der Waals surface area contributed by atoms with Gasteiger partial charge in [0.25, 0.3) is 11.8 Å². The van der Waals surface area contributed by atoms with E-state index in [1.54, 1.807) is 5.32 Å². The number of ether oxygens (including phenoxy) is 3. The number of hydrogen-bond donors (Lipinski definition) is 1. The molecular weight excluding hydrogens is 728 g/mol. The Kier molecular flexibility index (Phi) is 8.83. The van der Waals surface area contributed by atoms with Crippen molar-refractivity contribution in [3.8, 4) is 17.2 Å². The van der Waals surface area contributed by atoms with Gasteiger partial charge >= 0.3 is 30.9 Å². The molecule has 2 amide bonds. The van der Waals surface area contributed by atoms with Crippen molar-refractivity contribution in [3.63, 3.8) is 0 Å². The summed E-state index contributed by atoms with van der Waals surface area (Å²) in [6.45, 7) is -3.91. The number of carbonyl (C=O) groups is 2. The standard InChI is InChI=1S/C26H13BrF12N2O5/c1-41(21(43)10-5-6-15-16(7-10)46-26(38,39)45-15)14-4-2-3-12(18(14)28)20(42)40-19-13(27)8-11(9-17(19)44-22(29)30)23(31,24(32,33)34)25(35,36)37/h2-9,22H,1H3,(H,40,42). The van der Waals surface area contributed by atoms with Gasteiger partial charge < -0.3 is 24.4 Å². The van der Waals surface area contributed by atoms with Crippen molar-refractivity contribution in [1.29, 1.82) is 0 Å². The lowest BCUT2D eigenvalue weighted by atomic mass is 9.93. The van der Waals surface area contributed by atoms with E-state index < -0.39 is 92.8 Å². The monoisotopic (exact) mass is 740 g/mol. The summed E-state index contributed by atoms with van der Waals surface area (Å²) < 4.78 is 174. The molecule has 1 N–H and O–H groups in total. The van der Waals surface area contributed by atoms with Crippen molar-refractivity contribution < 1.29 is 76.5 Å². The van der Waals surface area contributed by atoms with Crippen LogP contribution in [0.5, 0.6) is 17.2 Å². The van der Waals surface area contributed by atoms with Crippen molar-refractivity contribution in [1.82, 2.24) is 0 Å². The van der Waals surface area contributed by atoms with Crippen LogP contribution in [0.2, 0.25) is 0 Å². The molecule has 1 heterocycles. The fourth-order valence-electron chi connectivity index (χ4n) is 4.10. The molecular formula is C26H13BrF12N2O5. The van der Waals surface area contributed by atoms with Crippen molar-refractivity contribution >= 4 is 39.1 Å². The maximum atomic E-state index is 15.5. The number of alkyl halides is 11. The smallest absolute Gasteiger partial charge is 0.433 e. The van der Waals surface area contributed by atoms with E-state index in [9.17, 15) is 57.9 Å². The summed E-state index contributed by atoms with van der Waals surface area (Å²) in [5.41, 5.74) is -11.2. The van der Waals surface area contributed by atoms with E-state index in [4.69, 9.17) is 0 Å². The zero-order chi connectivity index (χ0) is 34.6. The fraction of sp³-hybridized carbons (Fsp3) is 0.231. The van der Waals surface area contributed by atoms with Gasteiger partial charge in [0.05, 0.1) is 16.9 Å². The molecule has 0 radical (unpaired) electrons. The SMILES string of the molecule is CN(C(=O)c1ccc2c(c1)OC(F)(F)O2)c1cccc(C(=O)Nc2c(Br)cc(C(F)(C(F)(F)F)C(F)(F)F)cc2OC(F)F)c1F. The Labute approximate surface area is 256 Å². The zero-order valence-electron chi connectivity index (χ0n) is 22.1. The van der Waals surface area contributed by atoms with E-state index in [-0.39, 0.29) is 17.7 Å². The summed E-state index contributed by atoms with van der Waals surface area (Å²) in [6, 6.07) is 5.20. The van der Waals surface area contributed by atoms with Gasteiger partial charge in [-0.3, -0.25) is 9.59 Å². The number of hydrogen-bond acceptors (Lipinski definition) is 5.